The zero-order valence-electron chi connectivity index (χ0n) is 11.2. The highest BCUT2D eigenvalue weighted by molar-refractivity contribution is 6.28. The first kappa shape index (κ1) is 13.5. The molecule has 3 aromatic heterocycles. The lowest BCUT2D eigenvalue weighted by Gasteiger charge is -2.05. The zero-order valence-corrected chi connectivity index (χ0v) is 11.9. The predicted molar refractivity (Wildman–Crippen MR) is 77.2 cm³/mol. The molecule has 0 aliphatic rings. The van der Waals surface area contributed by atoms with Gasteiger partial charge in [0.1, 0.15) is 6.33 Å². The molecule has 2 N–H and O–H groups in total. The van der Waals surface area contributed by atoms with Gasteiger partial charge in [-0.1, -0.05) is 0 Å². The molecule has 0 bridgehead atoms. The largest absolute Gasteiger partial charge is 0.465 e. The third-order valence-corrected chi connectivity index (χ3v) is 2.83. The van der Waals surface area contributed by atoms with Crippen LogP contribution in [0.4, 0.5) is 5.82 Å². The standard InChI is InChI=1S/C12H12ClN7O/c1-2-21-12-17-8-9(18-11(13)19-10(8)20-12)15-5-7-3-4-14-6-16-7/h3-4,6H,2,5H2,1H3,(H2,15,17,18,19,20). The van der Waals surface area contributed by atoms with E-state index in [-0.39, 0.29) is 5.28 Å². The molecule has 0 aromatic carbocycles. The van der Waals surface area contributed by atoms with Crippen molar-refractivity contribution in [3.05, 3.63) is 29.6 Å². The van der Waals surface area contributed by atoms with Crippen LogP contribution in [0, 0.1) is 0 Å². The van der Waals surface area contributed by atoms with Crippen molar-refractivity contribution < 1.29 is 4.74 Å². The number of halogens is 1. The Bertz CT molecular complexity index is 746. The van der Waals surface area contributed by atoms with E-state index in [1.807, 2.05) is 13.0 Å². The third kappa shape index (κ3) is 3.00. The van der Waals surface area contributed by atoms with E-state index in [2.05, 4.69) is 35.2 Å². The van der Waals surface area contributed by atoms with Crippen molar-refractivity contribution in [2.45, 2.75) is 13.5 Å². The molecule has 0 spiro atoms. The number of H-pyrrole nitrogens is 1. The summed E-state index contributed by atoms with van der Waals surface area (Å²) in [5.74, 6) is 0.519. The third-order valence-electron chi connectivity index (χ3n) is 2.66. The maximum atomic E-state index is 5.92. The zero-order chi connectivity index (χ0) is 14.7. The Morgan fingerprint density at radius 3 is 3.00 bits per heavy atom. The van der Waals surface area contributed by atoms with Crippen LogP contribution in [-0.4, -0.2) is 36.5 Å². The topological polar surface area (TPSA) is 102 Å². The molecule has 21 heavy (non-hydrogen) atoms. The summed E-state index contributed by atoms with van der Waals surface area (Å²) in [6.45, 7) is 2.85. The predicted octanol–water partition coefficient (Wildman–Crippen LogP) is 1.81. The molecule has 3 aromatic rings. The minimum Gasteiger partial charge on any atom is -0.465 e. The van der Waals surface area contributed by atoms with Crippen molar-refractivity contribution >= 4 is 28.6 Å². The van der Waals surface area contributed by atoms with Crippen molar-refractivity contribution in [2.75, 3.05) is 11.9 Å². The molecule has 3 rings (SSSR count). The molecule has 0 saturated heterocycles. The lowest BCUT2D eigenvalue weighted by molar-refractivity contribution is 0.317. The Kier molecular flexibility index (Phi) is 3.78. The Hall–Kier alpha value is -2.48. The number of fused-ring (bicyclic) bond motifs is 1. The summed E-state index contributed by atoms with van der Waals surface area (Å²) in [7, 11) is 0. The number of nitrogens with zero attached hydrogens (tertiary/aromatic N) is 5. The van der Waals surface area contributed by atoms with Gasteiger partial charge in [0, 0.05) is 6.20 Å². The van der Waals surface area contributed by atoms with Crippen LogP contribution in [0.3, 0.4) is 0 Å². The molecule has 0 fully saturated rings. The molecule has 0 saturated carbocycles. The number of ether oxygens (including phenoxy) is 1. The number of hydrogen-bond acceptors (Lipinski definition) is 7. The van der Waals surface area contributed by atoms with Crippen LogP contribution < -0.4 is 10.1 Å². The summed E-state index contributed by atoms with van der Waals surface area (Å²) in [5, 5.41) is 3.26. The Balaban J connectivity index is 1.89. The highest BCUT2D eigenvalue weighted by Gasteiger charge is 2.12. The molecule has 0 radical (unpaired) electrons. The van der Waals surface area contributed by atoms with Crippen molar-refractivity contribution in [3.8, 4) is 6.01 Å². The van der Waals surface area contributed by atoms with Crippen molar-refractivity contribution in [3.63, 3.8) is 0 Å². The molecule has 0 aliphatic heterocycles. The van der Waals surface area contributed by atoms with Crippen LogP contribution in [0.5, 0.6) is 6.01 Å². The number of rotatable bonds is 5. The fraction of sp³-hybridized carbons (Fsp3) is 0.250. The average Bonchev–Trinajstić information content (AvgIpc) is 2.88. The van der Waals surface area contributed by atoms with E-state index in [9.17, 15) is 0 Å². The summed E-state index contributed by atoms with van der Waals surface area (Å²) in [6.07, 6.45) is 3.16. The second-order valence-corrected chi connectivity index (χ2v) is 4.41. The average molecular weight is 306 g/mol. The quantitative estimate of drug-likeness (QED) is 0.693. The highest BCUT2D eigenvalue weighted by Crippen LogP contribution is 2.23. The van der Waals surface area contributed by atoms with E-state index in [0.29, 0.717) is 36.1 Å². The summed E-state index contributed by atoms with van der Waals surface area (Å²) < 4.78 is 5.32. The lowest BCUT2D eigenvalue weighted by Crippen LogP contribution is -2.04. The van der Waals surface area contributed by atoms with Crippen molar-refractivity contribution in [2.24, 2.45) is 0 Å². The highest BCUT2D eigenvalue weighted by atomic mass is 35.5. The minimum atomic E-state index is 0.124. The fourth-order valence-corrected chi connectivity index (χ4v) is 1.95. The van der Waals surface area contributed by atoms with Crippen LogP contribution in [-0.2, 0) is 6.54 Å². The van der Waals surface area contributed by atoms with E-state index in [1.54, 1.807) is 6.20 Å². The van der Waals surface area contributed by atoms with Crippen LogP contribution in [0.1, 0.15) is 12.6 Å². The molecular formula is C12H12ClN7O. The van der Waals surface area contributed by atoms with Gasteiger partial charge in [-0.3, -0.25) is 4.98 Å². The first-order chi connectivity index (χ1) is 10.3. The first-order valence-corrected chi connectivity index (χ1v) is 6.69. The molecule has 0 aliphatic carbocycles. The number of aromatic nitrogens is 6. The van der Waals surface area contributed by atoms with Gasteiger partial charge in [-0.25, -0.2) is 9.97 Å². The van der Waals surface area contributed by atoms with E-state index in [0.717, 1.165) is 5.69 Å². The molecule has 108 valence electrons. The Morgan fingerprint density at radius 1 is 1.33 bits per heavy atom. The smallest absolute Gasteiger partial charge is 0.295 e. The van der Waals surface area contributed by atoms with Gasteiger partial charge >= 0.3 is 0 Å². The Morgan fingerprint density at radius 2 is 2.24 bits per heavy atom. The molecule has 3 heterocycles. The number of aromatic amines is 1. The van der Waals surface area contributed by atoms with Gasteiger partial charge < -0.3 is 10.1 Å². The second kappa shape index (κ2) is 5.88. The SMILES string of the molecule is CCOc1nc2c(NCc3ccncn3)nc(Cl)nc2[nH]1. The monoisotopic (exact) mass is 305 g/mol. The van der Waals surface area contributed by atoms with Crippen molar-refractivity contribution in [1.82, 2.24) is 29.9 Å². The molecule has 9 heteroatoms. The molecule has 0 unspecified atom stereocenters. The summed E-state index contributed by atoms with van der Waals surface area (Å²) in [5.41, 5.74) is 1.91. The van der Waals surface area contributed by atoms with Gasteiger partial charge in [-0.15, -0.1) is 0 Å². The van der Waals surface area contributed by atoms with Crippen LogP contribution >= 0.6 is 11.6 Å². The maximum Gasteiger partial charge on any atom is 0.295 e. The van der Waals surface area contributed by atoms with Crippen LogP contribution in [0.25, 0.3) is 11.2 Å². The van der Waals surface area contributed by atoms with Gasteiger partial charge in [-0.2, -0.15) is 15.0 Å². The fourth-order valence-electron chi connectivity index (χ4n) is 1.78. The van der Waals surface area contributed by atoms with E-state index in [4.69, 9.17) is 16.3 Å². The van der Waals surface area contributed by atoms with Gasteiger partial charge in [0.25, 0.3) is 6.01 Å². The van der Waals surface area contributed by atoms with E-state index in [1.165, 1.54) is 6.33 Å². The first-order valence-electron chi connectivity index (χ1n) is 6.31. The number of nitrogens with one attached hydrogen (secondary N) is 2. The molecule has 8 nitrogen and oxygen atoms in total. The molecule has 0 amide bonds. The summed E-state index contributed by atoms with van der Waals surface area (Å²) >= 11 is 5.92. The lowest BCUT2D eigenvalue weighted by atomic mass is 10.4. The van der Waals surface area contributed by atoms with Gasteiger partial charge in [-0.05, 0) is 24.6 Å². The number of imidazole rings is 1. The number of anilines is 1. The normalized spacial score (nSPS) is 10.8. The van der Waals surface area contributed by atoms with E-state index < -0.39 is 0 Å². The summed E-state index contributed by atoms with van der Waals surface area (Å²) in [4.78, 5) is 23.5. The van der Waals surface area contributed by atoms with Gasteiger partial charge in [0.2, 0.25) is 5.28 Å². The molecular weight excluding hydrogens is 294 g/mol. The van der Waals surface area contributed by atoms with Crippen LogP contribution in [0.2, 0.25) is 5.28 Å². The molecule has 0 atom stereocenters. The van der Waals surface area contributed by atoms with E-state index >= 15 is 0 Å². The minimum absolute atomic E-state index is 0.124. The van der Waals surface area contributed by atoms with Crippen LogP contribution in [0.15, 0.2) is 18.6 Å². The van der Waals surface area contributed by atoms with Gasteiger partial charge in [0.05, 0.1) is 18.8 Å². The van der Waals surface area contributed by atoms with Crippen molar-refractivity contribution in [1.29, 1.82) is 0 Å². The second-order valence-electron chi connectivity index (χ2n) is 4.07. The summed E-state index contributed by atoms with van der Waals surface area (Å²) in [6, 6.07) is 2.19. The number of hydrogen-bond donors (Lipinski definition) is 2. The Labute approximate surface area is 125 Å². The maximum absolute atomic E-state index is 5.92. The van der Waals surface area contributed by atoms with Gasteiger partial charge in [0.15, 0.2) is 17.0 Å².